The zero-order valence-electron chi connectivity index (χ0n) is 12.6. The highest BCUT2D eigenvalue weighted by atomic mass is 32.2. The lowest BCUT2D eigenvalue weighted by atomic mass is 10.2. The average Bonchev–Trinajstić information content (AvgIpc) is 2.97. The minimum atomic E-state index is -2.90. The van der Waals surface area contributed by atoms with Crippen molar-refractivity contribution in [3.05, 3.63) is 24.2 Å². The van der Waals surface area contributed by atoms with Crippen molar-refractivity contribution in [3.63, 3.8) is 0 Å². The van der Waals surface area contributed by atoms with Crippen molar-refractivity contribution >= 4 is 15.7 Å². The van der Waals surface area contributed by atoms with Crippen molar-refractivity contribution in [2.45, 2.75) is 19.8 Å². The van der Waals surface area contributed by atoms with Crippen LogP contribution >= 0.6 is 0 Å². The molecule has 118 valence electrons. The Labute approximate surface area is 129 Å². The van der Waals surface area contributed by atoms with E-state index in [0.717, 1.165) is 11.4 Å². The number of aromatic nitrogens is 3. The Hall–Kier alpha value is -1.96. The molecule has 0 aliphatic carbocycles. The van der Waals surface area contributed by atoms with Gasteiger partial charge in [-0.2, -0.15) is 4.98 Å². The second-order valence-electron chi connectivity index (χ2n) is 5.65. The number of pyridine rings is 1. The fraction of sp³-hybridized carbons (Fsp3) is 0.500. The van der Waals surface area contributed by atoms with E-state index in [4.69, 9.17) is 4.52 Å². The minimum absolute atomic E-state index is 0.164. The first-order valence-electron chi connectivity index (χ1n) is 7.20. The van der Waals surface area contributed by atoms with Crippen LogP contribution in [0.1, 0.15) is 25.6 Å². The second-order valence-corrected chi connectivity index (χ2v) is 7.96. The van der Waals surface area contributed by atoms with E-state index in [-0.39, 0.29) is 17.4 Å². The normalized spacial score (nSPS) is 17.9. The Morgan fingerprint density at radius 2 is 2.00 bits per heavy atom. The maximum atomic E-state index is 11.5. The van der Waals surface area contributed by atoms with Gasteiger partial charge in [0.2, 0.25) is 0 Å². The maximum Gasteiger partial charge on any atom is 0.258 e. The molecule has 0 radical (unpaired) electrons. The van der Waals surface area contributed by atoms with Gasteiger partial charge in [-0.05, 0) is 12.1 Å². The molecule has 0 unspecified atom stereocenters. The summed E-state index contributed by atoms with van der Waals surface area (Å²) < 4.78 is 28.3. The molecule has 0 N–H and O–H groups in total. The first-order valence-corrected chi connectivity index (χ1v) is 9.02. The van der Waals surface area contributed by atoms with Gasteiger partial charge in [-0.3, -0.25) is 0 Å². The fourth-order valence-corrected chi connectivity index (χ4v) is 3.45. The molecule has 0 amide bonds. The maximum absolute atomic E-state index is 11.5. The number of rotatable bonds is 3. The number of sulfone groups is 1. The summed E-state index contributed by atoms with van der Waals surface area (Å²) in [6.07, 6.45) is 1.67. The molecule has 8 heteroatoms. The Morgan fingerprint density at radius 1 is 1.27 bits per heavy atom. The summed E-state index contributed by atoms with van der Waals surface area (Å²) >= 11 is 0. The molecule has 1 aliphatic heterocycles. The zero-order valence-corrected chi connectivity index (χ0v) is 13.4. The van der Waals surface area contributed by atoms with Crippen LogP contribution in [0.2, 0.25) is 0 Å². The zero-order chi connectivity index (χ0) is 15.7. The highest BCUT2D eigenvalue weighted by Gasteiger charge is 2.23. The molecular weight excluding hydrogens is 304 g/mol. The van der Waals surface area contributed by atoms with Crippen molar-refractivity contribution in [1.82, 2.24) is 15.1 Å². The van der Waals surface area contributed by atoms with E-state index in [0.29, 0.717) is 24.8 Å². The van der Waals surface area contributed by atoms with Gasteiger partial charge >= 0.3 is 0 Å². The SMILES string of the molecule is CC(C)c1noc(-c2ccnc(N3CCS(=O)(=O)CC3)c2)n1. The molecule has 0 spiro atoms. The first kappa shape index (κ1) is 15.0. The molecule has 3 heterocycles. The molecule has 0 bridgehead atoms. The summed E-state index contributed by atoms with van der Waals surface area (Å²) in [4.78, 5) is 10.7. The van der Waals surface area contributed by atoms with Crippen molar-refractivity contribution in [2.75, 3.05) is 29.5 Å². The molecule has 22 heavy (non-hydrogen) atoms. The predicted octanol–water partition coefficient (Wildman–Crippen LogP) is 1.49. The lowest BCUT2D eigenvalue weighted by Gasteiger charge is -2.27. The van der Waals surface area contributed by atoms with Gasteiger partial charge in [0, 0.05) is 30.8 Å². The molecule has 0 saturated carbocycles. The summed E-state index contributed by atoms with van der Waals surface area (Å²) in [6, 6.07) is 3.66. The van der Waals surface area contributed by atoms with Crippen LogP contribution in [0.15, 0.2) is 22.9 Å². The summed E-state index contributed by atoms with van der Waals surface area (Å²) in [7, 11) is -2.90. The minimum Gasteiger partial charge on any atom is -0.355 e. The number of hydrogen-bond donors (Lipinski definition) is 0. The van der Waals surface area contributed by atoms with E-state index in [2.05, 4.69) is 15.1 Å². The van der Waals surface area contributed by atoms with Crippen LogP contribution < -0.4 is 4.90 Å². The Kier molecular flexibility index (Phi) is 3.86. The summed E-state index contributed by atoms with van der Waals surface area (Å²) in [5.41, 5.74) is 0.790. The second kappa shape index (κ2) is 5.68. The first-order chi connectivity index (χ1) is 10.4. The van der Waals surface area contributed by atoms with E-state index in [9.17, 15) is 8.42 Å². The van der Waals surface area contributed by atoms with Crippen LogP contribution in [0, 0.1) is 0 Å². The summed E-state index contributed by atoms with van der Waals surface area (Å²) in [6.45, 7) is 4.92. The van der Waals surface area contributed by atoms with E-state index in [1.165, 1.54) is 0 Å². The molecule has 1 fully saturated rings. The average molecular weight is 322 g/mol. The van der Waals surface area contributed by atoms with E-state index >= 15 is 0 Å². The van der Waals surface area contributed by atoms with Crippen LogP contribution in [-0.2, 0) is 9.84 Å². The van der Waals surface area contributed by atoms with Gasteiger partial charge in [0.25, 0.3) is 5.89 Å². The van der Waals surface area contributed by atoms with Crippen LogP contribution in [0.3, 0.4) is 0 Å². The van der Waals surface area contributed by atoms with Crippen LogP contribution in [-0.4, -0.2) is 48.1 Å². The molecule has 3 rings (SSSR count). The molecule has 1 aliphatic rings. The number of anilines is 1. The molecule has 7 nitrogen and oxygen atoms in total. The van der Waals surface area contributed by atoms with Crippen molar-refractivity contribution in [1.29, 1.82) is 0 Å². The van der Waals surface area contributed by atoms with E-state index in [1.54, 1.807) is 6.20 Å². The van der Waals surface area contributed by atoms with Crippen LogP contribution in [0.5, 0.6) is 0 Å². The van der Waals surface area contributed by atoms with Gasteiger partial charge in [-0.25, -0.2) is 13.4 Å². The van der Waals surface area contributed by atoms with Crippen molar-refractivity contribution in [2.24, 2.45) is 0 Å². The third-order valence-electron chi connectivity index (χ3n) is 3.62. The van der Waals surface area contributed by atoms with Crippen LogP contribution in [0.4, 0.5) is 5.82 Å². The lowest BCUT2D eigenvalue weighted by molar-refractivity contribution is 0.419. The monoisotopic (exact) mass is 322 g/mol. The third kappa shape index (κ3) is 3.11. The Balaban J connectivity index is 1.83. The summed E-state index contributed by atoms with van der Waals surface area (Å²) in [5, 5.41) is 3.95. The van der Waals surface area contributed by atoms with Crippen LogP contribution in [0.25, 0.3) is 11.5 Å². The van der Waals surface area contributed by atoms with E-state index in [1.807, 2.05) is 30.9 Å². The molecule has 2 aromatic rings. The summed E-state index contributed by atoms with van der Waals surface area (Å²) in [5.74, 6) is 2.38. The quantitative estimate of drug-likeness (QED) is 0.845. The van der Waals surface area contributed by atoms with Gasteiger partial charge < -0.3 is 9.42 Å². The number of nitrogens with zero attached hydrogens (tertiary/aromatic N) is 4. The molecule has 2 aromatic heterocycles. The predicted molar refractivity (Wildman–Crippen MR) is 82.5 cm³/mol. The molecule has 1 saturated heterocycles. The lowest BCUT2D eigenvalue weighted by Crippen LogP contribution is -2.40. The highest BCUT2D eigenvalue weighted by Crippen LogP contribution is 2.24. The van der Waals surface area contributed by atoms with Gasteiger partial charge in [0.05, 0.1) is 11.5 Å². The van der Waals surface area contributed by atoms with Crippen molar-refractivity contribution in [3.8, 4) is 11.5 Å². The van der Waals surface area contributed by atoms with Gasteiger partial charge in [0.1, 0.15) is 5.82 Å². The van der Waals surface area contributed by atoms with Crippen molar-refractivity contribution < 1.29 is 12.9 Å². The Morgan fingerprint density at radius 3 is 2.64 bits per heavy atom. The van der Waals surface area contributed by atoms with Gasteiger partial charge in [-0.15, -0.1) is 0 Å². The molecule has 0 aromatic carbocycles. The number of hydrogen-bond acceptors (Lipinski definition) is 7. The molecule has 0 atom stereocenters. The third-order valence-corrected chi connectivity index (χ3v) is 5.23. The molecular formula is C14H18N4O3S. The standard InChI is InChI=1S/C14H18N4O3S/c1-10(2)13-16-14(21-17-13)11-3-4-15-12(9-11)18-5-7-22(19,20)8-6-18/h3-4,9-10H,5-8H2,1-2H3. The Bertz CT molecular complexity index is 756. The van der Waals surface area contributed by atoms with E-state index < -0.39 is 9.84 Å². The van der Waals surface area contributed by atoms with Gasteiger partial charge in [0.15, 0.2) is 15.7 Å². The highest BCUT2D eigenvalue weighted by molar-refractivity contribution is 7.91. The fourth-order valence-electron chi connectivity index (χ4n) is 2.25. The topological polar surface area (TPSA) is 89.2 Å². The smallest absolute Gasteiger partial charge is 0.258 e. The largest absolute Gasteiger partial charge is 0.355 e. The van der Waals surface area contributed by atoms with Gasteiger partial charge in [-0.1, -0.05) is 19.0 Å².